The van der Waals surface area contributed by atoms with Crippen molar-refractivity contribution in [3.05, 3.63) is 100 Å². The number of fused-ring (bicyclic) bond motifs is 1. The lowest BCUT2D eigenvalue weighted by Gasteiger charge is -2.15. The number of aromatic nitrogens is 1. The summed E-state index contributed by atoms with van der Waals surface area (Å²) in [6.45, 7) is 2.40. The summed E-state index contributed by atoms with van der Waals surface area (Å²) in [5.74, 6) is -0.199. The second-order valence-electron chi connectivity index (χ2n) is 7.14. The van der Waals surface area contributed by atoms with Crippen LogP contribution in [0.25, 0.3) is 22.0 Å². The Morgan fingerprint density at radius 3 is 2.29 bits per heavy atom. The number of carbonyl (C=O) groups excluding carboxylic acids is 1. The molecule has 4 rings (SSSR count). The molecule has 0 atom stereocenters. The monoisotopic (exact) mass is 413 g/mol. The Labute approximate surface area is 180 Å². The van der Waals surface area contributed by atoms with Crippen molar-refractivity contribution in [3.8, 4) is 16.9 Å². The van der Waals surface area contributed by atoms with Crippen LogP contribution in [0.2, 0.25) is 0 Å². The molecule has 0 bridgehead atoms. The van der Waals surface area contributed by atoms with E-state index in [0.717, 1.165) is 16.7 Å². The normalized spacial score (nSPS) is 10.8. The second-order valence-corrected chi connectivity index (χ2v) is 7.14. The Kier molecular flexibility index (Phi) is 5.85. The van der Waals surface area contributed by atoms with Crippen molar-refractivity contribution in [1.82, 2.24) is 4.57 Å². The SMILES string of the molecule is CCOC(=O)c1cn(Cc2ccc(-c3ccccc3)cc2)c2cccc(OC)c2c1=O. The minimum atomic E-state index is -0.631. The number of methoxy groups -OCH3 is 1. The highest BCUT2D eigenvalue weighted by molar-refractivity contribution is 5.95. The maximum absolute atomic E-state index is 13.0. The average molecular weight is 413 g/mol. The Balaban J connectivity index is 1.79. The molecule has 4 aromatic rings. The van der Waals surface area contributed by atoms with Crippen LogP contribution in [0.5, 0.6) is 5.75 Å². The molecular formula is C26H23NO4. The van der Waals surface area contributed by atoms with E-state index in [1.807, 2.05) is 34.9 Å². The summed E-state index contributed by atoms with van der Waals surface area (Å²) in [7, 11) is 1.51. The predicted molar refractivity (Wildman–Crippen MR) is 122 cm³/mol. The van der Waals surface area contributed by atoms with E-state index < -0.39 is 5.97 Å². The smallest absolute Gasteiger partial charge is 0.343 e. The number of ether oxygens (including phenoxy) is 2. The van der Waals surface area contributed by atoms with Gasteiger partial charge < -0.3 is 14.0 Å². The Morgan fingerprint density at radius 2 is 1.61 bits per heavy atom. The first kappa shape index (κ1) is 20.4. The molecule has 0 spiro atoms. The van der Waals surface area contributed by atoms with Crippen LogP contribution in [0, 0.1) is 0 Å². The standard InChI is InChI=1S/C26H23NO4/c1-3-31-26(29)21-17-27(22-10-7-11-23(30-2)24(22)25(21)28)16-18-12-14-20(15-13-18)19-8-5-4-6-9-19/h4-15,17H,3,16H2,1-2H3. The first-order valence-corrected chi connectivity index (χ1v) is 10.1. The van der Waals surface area contributed by atoms with E-state index in [0.29, 0.717) is 23.2 Å². The number of hydrogen-bond donors (Lipinski definition) is 0. The van der Waals surface area contributed by atoms with Gasteiger partial charge in [0.2, 0.25) is 5.43 Å². The third-order valence-corrected chi connectivity index (χ3v) is 5.20. The summed E-state index contributed by atoms with van der Waals surface area (Å²) in [5, 5.41) is 0.372. The molecule has 0 aliphatic carbocycles. The number of benzene rings is 3. The molecule has 0 amide bonds. The van der Waals surface area contributed by atoms with Crippen molar-refractivity contribution in [2.24, 2.45) is 0 Å². The van der Waals surface area contributed by atoms with Crippen molar-refractivity contribution in [2.75, 3.05) is 13.7 Å². The fraction of sp³-hybridized carbons (Fsp3) is 0.154. The van der Waals surface area contributed by atoms with Crippen LogP contribution in [0.15, 0.2) is 83.8 Å². The maximum Gasteiger partial charge on any atom is 0.343 e. The van der Waals surface area contributed by atoms with Crippen LogP contribution in [0.4, 0.5) is 0 Å². The van der Waals surface area contributed by atoms with E-state index in [1.165, 1.54) is 7.11 Å². The number of nitrogens with zero attached hydrogens (tertiary/aromatic N) is 1. The van der Waals surface area contributed by atoms with Gasteiger partial charge in [-0.05, 0) is 35.7 Å². The van der Waals surface area contributed by atoms with E-state index in [2.05, 4.69) is 36.4 Å². The number of rotatable bonds is 6. The lowest BCUT2D eigenvalue weighted by molar-refractivity contribution is 0.0524. The molecule has 156 valence electrons. The summed E-state index contributed by atoms with van der Waals surface area (Å²) in [4.78, 5) is 25.5. The summed E-state index contributed by atoms with van der Waals surface area (Å²) in [6, 6.07) is 23.8. The summed E-state index contributed by atoms with van der Waals surface area (Å²) >= 11 is 0. The lowest BCUT2D eigenvalue weighted by atomic mass is 10.0. The van der Waals surface area contributed by atoms with Gasteiger partial charge in [-0.2, -0.15) is 0 Å². The predicted octanol–water partition coefficient (Wildman–Crippen LogP) is 4.90. The zero-order valence-corrected chi connectivity index (χ0v) is 17.5. The van der Waals surface area contributed by atoms with Gasteiger partial charge in [-0.15, -0.1) is 0 Å². The van der Waals surface area contributed by atoms with Gasteiger partial charge in [-0.1, -0.05) is 60.7 Å². The van der Waals surface area contributed by atoms with Crippen LogP contribution in [-0.2, 0) is 11.3 Å². The lowest BCUT2D eigenvalue weighted by Crippen LogP contribution is -2.21. The van der Waals surface area contributed by atoms with Crippen LogP contribution < -0.4 is 10.2 Å². The van der Waals surface area contributed by atoms with E-state index >= 15 is 0 Å². The van der Waals surface area contributed by atoms with Gasteiger partial charge in [0, 0.05) is 12.7 Å². The maximum atomic E-state index is 13.0. The first-order chi connectivity index (χ1) is 15.1. The summed E-state index contributed by atoms with van der Waals surface area (Å²) < 4.78 is 12.4. The van der Waals surface area contributed by atoms with E-state index in [1.54, 1.807) is 19.2 Å². The highest BCUT2D eigenvalue weighted by atomic mass is 16.5. The zero-order chi connectivity index (χ0) is 21.8. The number of pyridine rings is 1. The summed E-state index contributed by atoms with van der Waals surface area (Å²) in [5.41, 5.74) is 3.63. The van der Waals surface area contributed by atoms with Gasteiger partial charge in [0.25, 0.3) is 0 Å². The highest BCUT2D eigenvalue weighted by Crippen LogP contribution is 2.25. The molecule has 0 fully saturated rings. The molecule has 0 saturated heterocycles. The van der Waals surface area contributed by atoms with Crippen LogP contribution >= 0.6 is 0 Å². The van der Waals surface area contributed by atoms with Crippen molar-refractivity contribution in [1.29, 1.82) is 0 Å². The van der Waals surface area contributed by atoms with Crippen LogP contribution in [0.3, 0.4) is 0 Å². The quantitative estimate of drug-likeness (QED) is 0.422. The Morgan fingerprint density at radius 1 is 0.903 bits per heavy atom. The molecule has 0 unspecified atom stereocenters. The van der Waals surface area contributed by atoms with Crippen molar-refractivity contribution < 1.29 is 14.3 Å². The van der Waals surface area contributed by atoms with Crippen LogP contribution in [0.1, 0.15) is 22.8 Å². The van der Waals surface area contributed by atoms with Crippen LogP contribution in [-0.4, -0.2) is 24.3 Å². The fourth-order valence-electron chi connectivity index (χ4n) is 3.69. The van der Waals surface area contributed by atoms with Gasteiger partial charge in [-0.25, -0.2) is 4.79 Å². The minimum Gasteiger partial charge on any atom is -0.496 e. The molecule has 0 aliphatic heterocycles. The molecule has 1 heterocycles. The molecule has 3 aromatic carbocycles. The van der Waals surface area contributed by atoms with Gasteiger partial charge in [0.05, 0.1) is 24.6 Å². The second kappa shape index (κ2) is 8.88. The van der Waals surface area contributed by atoms with E-state index in [-0.39, 0.29) is 17.6 Å². The molecule has 0 aliphatic rings. The van der Waals surface area contributed by atoms with Crippen molar-refractivity contribution in [2.45, 2.75) is 13.5 Å². The largest absolute Gasteiger partial charge is 0.496 e. The Bertz CT molecular complexity index is 1270. The third kappa shape index (κ3) is 4.08. The topological polar surface area (TPSA) is 57.5 Å². The molecule has 1 aromatic heterocycles. The summed E-state index contributed by atoms with van der Waals surface area (Å²) in [6.07, 6.45) is 1.58. The van der Waals surface area contributed by atoms with E-state index in [9.17, 15) is 9.59 Å². The van der Waals surface area contributed by atoms with Crippen molar-refractivity contribution in [3.63, 3.8) is 0 Å². The molecular weight excluding hydrogens is 390 g/mol. The van der Waals surface area contributed by atoms with Gasteiger partial charge in [-0.3, -0.25) is 4.79 Å². The molecule has 0 N–H and O–H groups in total. The number of carbonyl (C=O) groups is 1. The third-order valence-electron chi connectivity index (χ3n) is 5.20. The molecule has 0 radical (unpaired) electrons. The Hall–Kier alpha value is -3.86. The fourth-order valence-corrected chi connectivity index (χ4v) is 3.69. The zero-order valence-electron chi connectivity index (χ0n) is 17.5. The first-order valence-electron chi connectivity index (χ1n) is 10.1. The van der Waals surface area contributed by atoms with Gasteiger partial charge >= 0.3 is 5.97 Å². The number of hydrogen-bond acceptors (Lipinski definition) is 4. The molecule has 31 heavy (non-hydrogen) atoms. The molecule has 0 saturated carbocycles. The van der Waals surface area contributed by atoms with Gasteiger partial charge in [0.1, 0.15) is 11.3 Å². The van der Waals surface area contributed by atoms with Crippen molar-refractivity contribution >= 4 is 16.9 Å². The minimum absolute atomic E-state index is 0.000226. The van der Waals surface area contributed by atoms with E-state index in [4.69, 9.17) is 9.47 Å². The number of esters is 1. The average Bonchev–Trinajstić information content (AvgIpc) is 2.81. The molecule has 5 nitrogen and oxygen atoms in total. The molecule has 5 heteroatoms. The highest BCUT2D eigenvalue weighted by Gasteiger charge is 2.19. The van der Waals surface area contributed by atoms with Gasteiger partial charge in [0.15, 0.2) is 0 Å².